The first-order valence-corrected chi connectivity index (χ1v) is 9.24. The molecule has 1 N–H and O–H groups in total. The van der Waals surface area contributed by atoms with E-state index in [1.807, 2.05) is 34.1 Å². The predicted octanol–water partition coefficient (Wildman–Crippen LogP) is 2.75. The molecule has 0 aromatic carbocycles. The topological polar surface area (TPSA) is 59.4 Å². The summed E-state index contributed by atoms with van der Waals surface area (Å²) in [6.45, 7) is 6.77. The molecule has 2 aromatic rings. The van der Waals surface area contributed by atoms with Crippen molar-refractivity contribution in [2.24, 2.45) is 5.92 Å². The predicted molar refractivity (Wildman–Crippen MR) is 94.0 cm³/mol. The quantitative estimate of drug-likeness (QED) is 0.904. The number of aromatic nitrogens is 2. The minimum Gasteiger partial charge on any atom is -0.367 e. The van der Waals surface area contributed by atoms with Gasteiger partial charge in [0.05, 0.1) is 12.6 Å². The van der Waals surface area contributed by atoms with E-state index in [2.05, 4.69) is 28.8 Å². The molecule has 3 heterocycles. The van der Waals surface area contributed by atoms with Gasteiger partial charge < -0.3 is 15.0 Å². The minimum atomic E-state index is -0.0350. The van der Waals surface area contributed by atoms with Gasteiger partial charge >= 0.3 is 6.03 Å². The van der Waals surface area contributed by atoms with Crippen molar-refractivity contribution in [2.75, 3.05) is 19.6 Å². The summed E-state index contributed by atoms with van der Waals surface area (Å²) in [5, 5.41) is 11.4. The van der Waals surface area contributed by atoms with Gasteiger partial charge in [-0.1, -0.05) is 6.92 Å². The highest BCUT2D eigenvalue weighted by atomic mass is 32.1. The van der Waals surface area contributed by atoms with E-state index in [4.69, 9.17) is 4.74 Å². The number of nitrogens with one attached hydrogen (secondary N) is 1. The molecule has 1 fully saturated rings. The van der Waals surface area contributed by atoms with Gasteiger partial charge in [-0.15, -0.1) is 0 Å². The molecule has 24 heavy (non-hydrogen) atoms. The molecule has 2 aromatic heterocycles. The Morgan fingerprint density at radius 1 is 1.54 bits per heavy atom. The third-order valence-corrected chi connectivity index (χ3v) is 4.82. The lowest BCUT2D eigenvalue weighted by Crippen LogP contribution is -2.50. The van der Waals surface area contributed by atoms with Crippen LogP contribution in [0, 0.1) is 5.92 Å². The smallest absolute Gasteiger partial charge is 0.317 e. The molecule has 3 unspecified atom stereocenters. The number of hydrogen-bond acceptors (Lipinski definition) is 4. The van der Waals surface area contributed by atoms with Gasteiger partial charge in [0, 0.05) is 32.0 Å². The summed E-state index contributed by atoms with van der Waals surface area (Å²) in [6, 6.07) is 3.96. The third-order valence-electron chi connectivity index (χ3n) is 4.12. The summed E-state index contributed by atoms with van der Waals surface area (Å²) in [5.74, 6) is 0.319. The van der Waals surface area contributed by atoms with Gasteiger partial charge in [0.15, 0.2) is 0 Å². The third kappa shape index (κ3) is 4.36. The second-order valence-corrected chi connectivity index (χ2v) is 7.20. The maximum atomic E-state index is 12.5. The van der Waals surface area contributed by atoms with E-state index in [-0.39, 0.29) is 18.2 Å². The number of nitrogens with zero attached hydrogens (tertiary/aromatic N) is 3. The number of amides is 2. The number of thiophene rings is 1. The molecular formula is C17H24N4O2S. The molecule has 2 amide bonds. The normalized spacial score (nSPS) is 22.3. The number of morpholine rings is 1. The van der Waals surface area contributed by atoms with E-state index >= 15 is 0 Å². The zero-order valence-corrected chi connectivity index (χ0v) is 14.9. The fraction of sp³-hybridized carbons (Fsp3) is 0.529. The number of carbonyl (C=O) groups is 1. The van der Waals surface area contributed by atoms with E-state index in [9.17, 15) is 4.79 Å². The van der Waals surface area contributed by atoms with Crippen molar-refractivity contribution in [3.05, 3.63) is 40.8 Å². The first-order chi connectivity index (χ1) is 11.6. The molecule has 6 nitrogen and oxygen atoms in total. The van der Waals surface area contributed by atoms with Crippen molar-refractivity contribution in [1.82, 2.24) is 20.0 Å². The molecule has 0 spiro atoms. The highest BCUT2D eigenvalue weighted by molar-refractivity contribution is 7.07. The first-order valence-electron chi connectivity index (χ1n) is 8.29. The summed E-state index contributed by atoms with van der Waals surface area (Å²) in [5.41, 5.74) is 1.15. The maximum Gasteiger partial charge on any atom is 0.317 e. The van der Waals surface area contributed by atoms with Crippen molar-refractivity contribution in [1.29, 1.82) is 0 Å². The summed E-state index contributed by atoms with van der Waals surface area (Å²) in [7, 11) is 0. The van der Waals surface area contributed by atoms with Crippen LogP contribution in [0.1, 0.15) is 25.5 Å². The van der Waals surface area contributed by atoms with Crippen molar-refractivity contribution in [3.63, 3.8) is 0 Å². The van der Waals surface area contributed by atoms with E-state index in [0.29, 0.717) is 25.6 Å². The second kappa shape index (κ2) is 7.81. The second-order valence-electron chi connectivity index (χ2n) is 6.42. The minimum absolute atomic E-state index is 0.0160. The van der Waals surface area contributed by atoms with Crippen molar-refractivity contribution in [3.8, 4) is 0 Å². The van der Waals surface area contributed by atoms with Crippen LogP contribution in [0.4, 0.5) is 4.79 Å². The average Bonchev–Trinajstić information content (AvgIpc) is 3.25. The molecule has 1 aliphatic rings. The number of ether oxygens (including phenoxy) is 1. The molecule has 0 bridgehead atoms. The van der Waals surface area contributed by atoms with Gasteiger partial charge in [-0.3, -0.25) is 4.68 Å². The number of urea groups is 1. The van der Waals surface area contributed by atoms with Crippen LogP contribution in [0.15, 0.2) is 35.3 Å². The fourth-order valence-corrected chi connectivity index (χ4v) is 3.63. The van der Waals surface area contributed by atoms with E-state index in [0.717, 1.165) is 12.1 Å². The number of hydrogen-bond donors (Lipinski definition) is 1. The Hall–Kier alpha value is -1.86. The van der Waals surface area contributed by atoms with Gasteiger partial charge in [0.25, 0.3) is 0 Å². The van der Waals surface area contributed by atoms with Crippen molar-refractivity contribution >= 4 is 17.4 Å². The van der Waals surface area contributed by atoms with Crippen LogP contribution in [-0.4, -0.2) is 46.4 Å². The average molecular weight is 348 g/mol. The molecule has 1 saturated heterocycles. The molecule has 0 saturated carbocycles. The first kappa shape index (κ1) is 17.0. The standard InChI is InChI=1S/C17H24N4O2S/c1-13(9-21-6-3-5-19-21)8-18-17(22)20-10-14(2)23-16(11-20)15-4-7-24-12-15/h3-7,12-14,16H,8-11H2,1-2H3,(H,18,22). The monoisotopic (exact) mass is 348 g/mol. The van der Waals surface area contributed by atoms with E-state index in [1.165, 1.54) is 0 Å². The number of carbonyl (C=O) groups excluding carboxylic acids is 1. The SMILES string of the molecule is CC(CNC(=O)N1CC(C)OC(c2ccsc2)C1)Cn1cccn1. The van der Waals surface area contributed by atoms with Gasteiger partial charge in [-0.05, 0) is 41.3 Å². The lowest BCUT2D eigenvalue weighted by molar-refractivity contribution is -0.0655. The molecule has 1 aliphatic heterocycles. The Morgan fingerprint density at radius 2 is 2.42 bits per heavy atom. The molecule has 0 aliphatic carbocycles. The van der Waals surface area contributed by atoms with Gasteiger partial charge in [-0.2, -0.15) is 16.4 Å². The van der Waals surface area contributed by atoms with Crippen molar-refractivity contribution in [2.45, 2.75) is 32.6 Å². The van der Waals surface area contributed by atoms with Crippen LogP contribution in [0.5, 0.6) is 0 Å². The van der Waals surface area contributed by atoms with Crippen LogP contribution < -0.4 is 5.32 Å². The largest absolute Gasteiger partial charge is 0.367 e. The Kier molecular flexibility index (Phi) is 5.52. The molecule has 3 rings (SSSR count). The Balaban J connectivity index is 1.50. The maximum absolute atomic E-state index is 12.5. The molecule has 7 heteroatoms. The van der Waals surface area contributed by atoms with Crippen LogP contribution >= 0.6 is 11.3 Å². The summed E-state index contributed by atoms with van der Waals surface area (Å²) in [4.78, 5) is 14.4. The molecule has 130 valence electrons. The number of rotatable bonds is 5. The lowest BCUT2D eigenvalue weighted by atomic mass is 10.1. The van der Waals surface area contributed by atoms with E-state index < -0.39 is 0 Å². The van der Waals surface area contributed by atoms with Crippen LogP contribution in [-0.2, 0) is 11.3 Å². The highest BCUT2D eigenvalue weighted by Crippen LogP contribution is 2.26. The molecule has 3 atom stereocenters. The molecule has 0 radical (unpaired) electrons. The van der Waals surface area contributed by atoms with Gasteiger partial charge in [0.2, 0.25) is 0 Å². The fourth-order valence-electron chi connectivity index (χ4n) is 2.93. The van der Waals surface area contributed by atoms with Gasteiger partial charge in [-0.25, -0.2) is 4.79 Å². The highest BCUT2D eigenvalue weighted by Gasteiger charge is 2.29. The van der Waals surface area contributed by atoms with Crippen LogP contribution in [0.25, 0.3) is 0 Å². The van der Waals surface area contributed by atoms with Crippen LogP contribution in [0.3, 0.4) is 0 Å². The zero-order valence-electron chi connectivity index (χ0n) is 14.1. The lowest BCUT2D eigenvalue weighted by Gasteiger charge is -2.36. The Labute approximate surface area is 146 Å². The zero-order chi connectivity index (χ0) is 16.9. The summed E-state index contributed by atoms with van der Waals surface area (Å²) >= 11 is 1.65. The summed E-state index contributed by atoms with van der Waals surface area (Å²) in [6.07, 6.45) is 3.71. The Bertz CT molecular complexity index is 629. The summed E-state index contributed by atoms with van der Waals surface area (Å²) < 4.78 is 7.87. The molecular weight excluding hydrogens is 324 g/mol. The van der Waals surface area contributed by atoms with Crippen molar-refractivity contribution < 1.29 is 9.53 Å². The van der Waals surface area contributed by atoms with E-state index in [1.54, 1.807) is 17.5 Å². The van der Waals surface area contributed by atoms with Crippen LogP contribution in [0.2, 0.25) is 0 Å². The Morgan fingerprint density at radius 3 is 3.12 bits per heavy atom. The van der Waals surface area contributed by atoms with Gasteiger partial charge in [0.1, 0.15) is 6.10 Å².